The molecule has 1 aromatic heterocycles. The topological polar surface area (TPSA) is 49.9 Å². The third kappa shape index (κ3) is 2.48. The van der Waals surface area contributed by atoms with Crippen molar-refractivity contribution in [3.8, 4) is 11.3 Å². The van der Waals surface area contributed by atoms with Crippen LogP contribution >= 0.6 is 15.9 Å². The summed E-state index contributed by atoms with van der Waals surface area (Å²) in [6.45, 7) is 2.46. The van der Waals surface area contributed by atoms with Gasteiger partial charge in [-0.1, -0.05) is 28.1 Å². The van der Waals surface area contributed by atoms with Crippen molar-refractivity contribution in [3.05, 3.63) is 40.8 Å². The molecule has 0 spiro atoms. The zero-order chi connectivity index (χ0) is 12.4. The molecule has 0 saturated carbocycles. The molecule has 18 heavy (non-hydrogen) atoms. The Kier molecular flexibility index (Phi) is 3.45. The van der Waals surface area contributed by atoms with E-state index in [1.807, 2.05) is 18.3 Å². The molecule has 1 atom stereocenters. The van der Waals surface area contributed by atoms with Crippen LogP contribution in [0.1, 0.15) is 11.9 Å². The number of imidazole rings is 1. The number of morpholine rings is 1. The first-order valence-electron chi connectivity index (χ1n) is 5.96. The fraction of sp³-hybridized carbons (Fsp3) is 0.308. The maximum atomic E-state index is 5.67. The minimum absolute atomic E-state index is 0.0275. The number of rotatable bonds is 2. The molecule has 4 nitrogen and oxygen atoms in total. The molecule has 0 aliphatic carbocycles. The summed E-state index contributed by atoms with van der Waals surface area (Å²) >= 11 is 3.47. The first-order valence-corrected chi connectivity index (χ1v) is 6.75. The van der Waals surface area contributed by atoms with Gasteiger partial charge in [-0.3, -0.25) is 0 Å². The van der Waals surface area contributed by atoms with E-state index in [0.717, 1.165) is 41.3 Å². The number of nitrogens with zero attached hydrogens (tertiary/aromatic N) is 1. The average molecular weight is 308 g/mol. The van der Waals surface area contributed by atoms with Gasteiger partial charge in [-0.25, -0.2) is 4.98 Å². The molecule has 1 aliphatic rings. The highest BCUT2D eigenvalue weighted by Gasteiger charge is 2.18. The summed E-state index contributed by atoms with van der Waals surface area (Å²) in [6.07, 6.45) is 1.88. The van der Waals surface area contributed by atoms with E-state index in [4.69, 9.17) is 4.74 Å². The standard InChI is InChI=1S/C13H14BrN3O/c14-10-3-1-2-9(6-10)11-7-16-13(17-11)12-8-15-4-5-18-12/h1-3,6-7,12,15H,4-5,8H2,(H,16,17). The van der Waals surface area contributed by atoms with Crippen LogP contribution in [0, 0.1) is 0 Å². The molecule has 1 saturated heterocycles. The van der Waals surface area contributed by atoms with Gasteiger partial charge < -0.3 is 15.0 Å². The van der Waals surface area contributed by atoms with Gasteiger partial charge in [-0.2, -0.15) is 0 Å². The van der Waals surface area contributed by atoms with Gasteiger partial charge in [-0.15, -0.1) is 0 Å². The summed E-state index contributed by atoms with van der Waals surface area (Å²) in [5.74, 6) is 0.886. The van der Waals surface area contributed by atoms with Crippen LogP contribution in [-0.4, -0.2) is 29.7 Å². The Labute approximate surface area is 114 Å². The Morgan fingerprint density at radius 2 is 2.33 bits per heavy atom. The molecule has 1 fully saturated rings. The number of benzene rings is 1. The first kappa shape index (κ1) is 11.9. The minimum atomic E-state index is 0.0275. The maximum Gasteiger partial charge on any atom is 0.137 e. The van der Waals surface area contributed by atoms with Crippen molar-refractivity contribution in [1.29, 1.82) is 0 Å². The lowest BCUT2D eigenvalue weighted by Gasteiger charge is -2.21. The zero-order valence-electron chi connectivity index (χ0n) is 9.82. The average Bonchev–Trinajstić information content (AvgIpc) is 2.89. The molecular formula is C13H14BrN3O. The van der Waals surface area contributed by atoms with E-state index in [1.54, 1.807) is 0 Å². The highest BCUT2D eigenvalue weighted by molar-refractivity contribution is 9.10. The van der Waals surface area contributed by atoms with Gasteiger partial charge in [0.25, 0.3) is 0 Å². The molecule has 1 aliphatic heterocycles. The molecule has 2 N–H and O–H groups in total. The lowest BCUT2D eigenvalue weighted by molar-refractivity contribution is 0.0227. The highest BCUT2D eigenvalue weighted by atomic mass is 79.9. The van der Waals surface area contributed by atoms with Crippen LogP contribution in [0.4, 0.5) is 0 Å². The van der Waals surface area contributed by atoms with Crippen molar-refractivity contribution in [2.24, 2.45) is 0 Å². The number of ether oxygens (including phenoxy) is 1. The normalized spacial score (nSPS) is 19.9. The van der Waals surface area contributed by atoms with E-state index in [0.29, 0.717) is 0 Å². The molecule has 2 aromatic rings. The molecule has 0 bridgehead atoms. The number of hydrogen-bond acceptors (Lipinski definition) is 3. The highest BCUT2D eigenvalue weighted by Crippen LogP contribution is 2.23. The van der Waals surface area contributed by atoms with Gasteiger partial charge in [0.05, 0.1) is 18.5 Å². The Balaban J connectivity index is 1.84. The van der Waals surface area contributed by atoms with Crippen molar-refractivity contribution in [2.45, 2.75) is 6.10 Å². The van der Waals surface area contributed by atoms with Crippen LogP contribution in [0.15, 0.2) is 34.9 Å². The van der Waals surface area contributed by atoms with Crippen molar-refractivity contribution in [1.82, 2.24) is 15.3 Å². The zero-order valence-corrected chi connectivity index (χ0v) is 11.4. The number of H-pyrrole nitrogens is 1. The summed E-state index contributed by atoms with van der Waals surface area (Å²) in [5.41, 5.74) is 2.13. The smallest absolute Gasteiger partial charge is 0.137 e. The van der Waals surface area contributed by atoms with Crippen LogP contribution < -0.4 is 5.32 Å². The molecule has 2 heterocycles. The lowest BCUT2D eigenvalue weighted by Crippen LogP contribution is -2.33. The third-order valence-electron chi connectivity index (χ3n) is 2.96. The molecule has 0 radical (unpaired) electrons. The van der Waals surface area contributed by atoms with Crippen LogP contribution in [0.3, 0.4) is 0 Å². The van der Waals surface area contributed by atoms with Crippen LogP contribution in [0.5, 0.6) is 0 Å². The quantitative estimate of drug-likeness (QED) is 0.896. The van der Waals surface area contributed by atoms with Crippen LogP contribution in [-0.2, 0) is 4.74 Å². The van der Waals surface area contributed by atoms with Gasteiger partial charge in [-0.05, 0) is 12.1 Å². The van der Waals surface area contributed by atoms with E-state index in [9.17, 15) is 0 Å². The van der Waals surface area contributed by atoms with E-state index in [2.05, 4.69) is 43.3 Å². The summed E-state index contributed by atoms with van der Waals surface area (Å²) in [5, 5.41) is 3.30. The Morgan fingerprint density at radius 1 is 1.39 bits per heavy atom. The van der Waals surface area contributed by atoms with Gasteiger partial charge in [0.2, 0.25) is 0 Å². The van der Waals surface area contributed by atoms with Crippen molar-refractivity contribution in [2.75, 3.05) is 19.7 Å². The fourth-order valence-electron chi connectivity index (χ4n) is 2.04. The molecule has 5 heteroatoms. The van der Waals surface area contributed by atoms with Crippen molar-refractivity contribution in [3.63, 3.8) is 0 Å². The largest absolute Gasteiger partial charge is 0.368 e. The Bertz CT molecular complexity index is 535. The van der Waals surface area contributed by atoms with Crippen molar-refractivity contribution >= 4 is 15.9 Å². The summed E-state index contributed by atoms with van der Waals surface area (Å²) in [6, 6.07) is 8.15. The second-order valence-corrected chi connectivity index (χ2v) is 5.17. The number of aromatic nitrogens is 2. The molecule has 3 rings (SSSR count). The SMILES string of the molecule is Brc1cccc(-c2cnc(C3CNCCO3)[nH]2)c1. The first-order chi connectivity index (χ1) is 8.83. The van der Waals surface area contributed by atoms with Crippen LogP contribution in [0.25, 0.3) is 11.3 Å². The molecule has 94 valence electrons. The lowest BCUT2D eigenvalue weighted by atomic mass is 10.2. The summed E-state index contributed by atoms with van der Waals surface area (Å²) in [7, 11) is 0. The molecule has 1 unspecified atom stereocenters. The van der Waals surface area contributed by atoms with E-state index in [-0.39, 0.29) is 6.10 Å². The second-order valence-electron chi connectivity index (χ2n) is 4.26. The third-order valence-corrected chi connectivity index (χ3v) is 3.46. The van der Waals surface area contributed by atoms with Gasteiger partial charge in [0.1, 0.15) is 11.9 Å². The molecule has 1 aromatic carbocycles. The monoisotopic (exact) mass is 307 g/mol. The maximum absolute atomic E-state index is 5.67. The van der Waals surface area contributed by atoms with E-state index in [1.165, 1.54) is 0 Å². The number of nitrogens with one attached hydrogen (secondary N) is 2. The predicted molar refractivity (Wildman–Crippen MR) is 73.3 cm³/mol. The van der Waals surface area contributed by atoms with E-state index >= 15 is 0 Å². The van der Waals surface area contributed by atoms with Crippen LogP contribution in [0.2, 0.25) is 0 Å². The summed E-state index contributed by atoms with van der Waals surface area (Å²) in [4.78, 5) is 7.74. The fourth-order valence-corrected chi connectivity index (χ4v) is 2.44. The summed E-state index contributed by atoms with van der Waals surface area (Å²) < 4.78 is 6.73. The molecular weight excluding hydrogens is 294 g/mol. The minimum Gasteiger partial charge on any atom is -0.368 e. The van der Waals surface area contributed by atoms with E-state index < -0.39 is 0 Å². The molecule has 0 amide bonds. The van der Waals surface area contributed by atoms with Gasteiger partial charge >= 0.3 is 0 Å². The van der Waals surface area contributed by atoms with Gasteiger partial charge in [0.15, 0.2) is 0 Å². The number of aromatic amines is 1. The van der Waals surface area contributed by atoms with Gasteiger partial charge in [0, 0.05) is 23.1 Å². The van der Waals surface area contributed by atoms with Crippen molar-refractivity contribution < 1.29 is 4.74 Å². The Hall–Kier alpha value is -1.17. The second kappa shape index (κ2) is 5.22. The predicted octanol–water partition coefficient (Wildman–Crippen LogP) is 2.50. The number of hydrogen-bond donors (Lipinski definition) is 2. The number of halogens is 1. The Morgan fingerprint density at radius 3 is 3.11 bits per heavy atom.